The van der Waals surface area contributed by atoms with Gasteiger partial charge in [-0.25, -0.2) is 4.99 Å². The van der Waals surface area contributed by atoms with Crippen molar-refractivity contribution in [1.82, 2.24) is 10.6 Å². The van der Waals surface area contributed by atoms with Crippen LogP contribution in [0.15, 0.2) is 47.5 Å². The molecule has 0 saturated heterocycles. The number of rotatable bonds is 7. The van der Waals surface area contributed by atoms with Gasteiger partial charge in [0.2, 0.25) is 0 Å². The van der Waals surface area contributed by atoms with E-state index in [-0.39, 0.29) is 29.7 Å². The number of methoxy groups -OCH3 is 1. The fourth-order valence-corrected chi connectivity index (χ4v) is 2.56. The Morgan fingerprint density at radius 2 is 1.96 bits per heavy atom. The zero-order valence-electron chi connectivity index (χ0n) is 15.0. The minimum atomic E-state index is 0. The minimum Gasteiger partial charge on any atom is -0.504 e. The fourth-order valence-electron chi connectivity index (χ4n) is 2.35. The van der Waals surface area contributed by atoms with Gasteiger partial charge in [-0.05, 0) is 48.7 Å². The second-order valence-corrected chi connectivity index (χ2v) is 5.94. The largest absolute Gasteiger partial charge is 0.504 e. The molecule has 0 spiro atoms. The average molecular weight is 490 g/mol. The highest BCUT2D eigenvalue weighted by Crippen LogP contribution is 2.26. The van der Waals surface area contributed by atoms with E-state index in [9.17, 15) is 5.11 Å². The number of guanidine groups is 1. The molecule has 0 aliphatic rings. The van der Waals surface area contributed by atoms with Crippen molar-refractivity contribution in [3.05, 3.63) is 58.6 Å². The van der Waals surface area contributed by atoms with Gasteiger partial charge in [-0.15, -0.1) is 24.0 Å². The van der Waals surface area contributed by atoms with Crippen LogP contribution in [0.2, 0.25) is 5.02 Å². The summed E-state index contributed by atoms with van der Waals surface area (Å²) < 4.78 is 5.13. The van der Waals surface area contributed by atoms with Gasteiger partial charge in [-0.2, -0.15) is 0 Å². The van der Waals surface area contributed by atoms with E-state index >= 15 is 0 Å². The maximum Gasteiger partial charge on any atom is 0.191 e. The van der Waals surface area contributed by atoms with Gasteiger partial charge in [0.1, 0.15) is 0 Å². The third-order valence-electron chi connectivity index (χ3n) is 3.60. The van der Waals surface area contributed by atoms with Gasteiger partial charge in [0.15, 0.2) is 17.5 Å². The number of ether oxygens (including phenoxy) is 1. The Morgan fingerprint density at radius 3 is 2.65 bits per heavy atom. The average Bonchev–Trinajstić information content (AvgIpc) is 2.61. The highest BCUT2D eigenvalue weighted by molar-refractivity contribution is 14.0. The summed E-state index contributed by atoms with van der Waals surface area (Å²) in [6.45, 7) is 4.09. The van der Waals surface area contributed by atoms with Crippen LogP contribution in [-0.2, 0) is 13.0 Å². The molecule has 2 aromatic carbocycles. The molecule has 26 heavy (non-hydrogen) atoms. The molecule has 0 bridgehead atoms. The zero-order valence-corrected chi connectivity index (χ0v) is 18.0. The summed E-state index contributed by atoms with van der Waals surface area (Å²) in [6.07, 6.45) is 0.790. The number of hydrogen-bond acceptors (Lipinski definition) is 3. The molecule has 2 aromatic rings. The lowest BCUT2D eigenvalue weighted by molar-refractivity contribution is 0.373. The molecule has 0 aromatic heterocycles. The Kier molecular flexibility index (Phi) is 10.2. The fraction of sp³-hybridized carbons (Fsp3) is 0.316. The molecule has 0 atom stereocenters. The van der Waals surface area contributed by atoms with Crippen LogP contribution in [0, 0.1) is 0 Å². The van der Waals surface area contributed by atoms with Crippen molar-refractivity contribution in [3.63, 3.8) is 0 Å². The molecule has 7 heteroatoms. The molecule has 0 aliphatic heterocycles. The number of halogens is 2. The van der Waals surface area contributed by atoms with Crippen LogP contribution in [0.4, 0.5) is 0 Å². The summed E-state index contributed by atoms with van der Waals surface area (Å²) in [5.74, 6) is 1.39. The van der Waals surface area contributed by atoms with E-state index in [1.807, 2.05) is 43.3 Å². The van der Waals surface area contributed by atoms with Gasteiger partial charge in [0.25, 0.3) is 0 Å². The van der Waals surface area contributed by atoms with Crippen LogP contribution in [-0.4, -0.2) is 31.3 Å². The highest BCUT2D eigenvalue weighted by atomic mass is 127. The van der Waals surface area contributed by atoms with Crippen LogP contribution in [0.25, 0.3) is 0 Å². The second-order valence-electron chi connectivity index (χ2n) is 5.51. The van der Waals surface area contributed by atoms with Crippen LogP contribution in [0.3, 0.4) is 0 Å². The van der Waals surface area contributed by atoms with Crippen molar-refractivity contribution in [3.8, 4) is 11.5 Å². The van der Waals surface area contributed by atoms with E-state index in [0.717, 1.165) is 36.6 Å². The van der Waals surface area contributed by atoms with E-state index in [1.54, 1.807) is 13.2 Å². The lowest BCUT2D eigenvalue weighted by Crippen LogP contribution is -2.38. The first-order valence-electron chi connectivity index (χ1n) is 8.25. The first-order chi connectivity index (χ1) is 12.1. The molecular formula is C19H25ClIN3O2. The molecule has 5 nitrogen and oxygen atoms in total. The summed E-state index contributed by atoms with van der Waals surface area (Å²) in [6, 6.07) is 13.1. The van der Waals surface area contributed by atoms with Crippen molar-refractivity contribution < 1.29 is 9.84 Å². The Morgan fingerprint density at radius 1 is 1.15 bits per heavy atom. The lowest BCUT2D eigenvalue weighted by atomic mass is 10.1. The van der Waals surface area contributed by atoms with Crippen molar-refractivity contribution in [2.45, 2.75) is 19.9 Å². The van der Waals surface area contributed by atoms with Crippen molar-refractivity contribution in [2.75, 3.05) is 20.2 Å². The van der Waals surface area contributed by atoms with Gasteiger partial charge in [0.05, 0.1) is 13.7 Å². The minimum absolute atomic E-state index is 0. The second kappa shape index (κ2) is 11.9. The number of nitrogens with zero attached hydrogens (tertiary/aromatic N) is 1. The van der Waals surface area contributed by atoms with E-state index in [2.05, 4.69) is 15.6 Å². The quantitative estimate of drug-likeness (QED) is 0.313. The normalized spacial score (nSPS) is 10.8. The lowest BCUT2D eigenvalue weighted by Gasteiger charge is -2.12. The zero-order chi connectivity index (χ0) is 18.1. The van der Waals surface area contributed by atoms with Crippen LogP contribution in [0.1, 0.15) is 18.1 Å². The van der Waals surface area contributed by atoms with Crippen molar-refractivity contribution in [2.24, 2.45) is 4.99 Å². The number of hydrogen-bond donors (Lipinski definition) is 3. The van der Waals surface area contributed by atoms with E-state index in [0.29, 0.717) is 17.3 Å². The van der Waals surface area contributed by atoms with Gasteiger partial charge in [0, 0.05) is 18.1 Å². The van der Waals surface area contributed by atoms with Gasteiger partial charge >= 0.3 is 0 Å². The smallest absolute Gasteiger partial charge is 0.191 e. The van der Waals surface area contributed by atoms with Crippen molar-refractivity contribution in [1.29, 1.82) is 0 Å². The molecule has 2 rings (SSSR count). The summed E-state index contributed by atoms with van der Waals surface area (Å²) >= 11 is 6.00. The number of nitrogens with one attached hydrogen (secondary N) is 2. The van der Waals surface area contributed by atoms with Gasteiger partial charge in [-0.3, -0.25) is 0 Å². The Labute approximate surface area is 176 Å². The number of aliphatic imine (C=N–C) groups is 1. The SMILES string of the molecule is CCNC(=NCc1cccc(Cl)c1)NCCc1ccc(O)c(OC)c1.I. The van der Waals surface area contributed by atoms with Gasteiger partial charge < -0.3 is 20.5 Å². The number of benzene rings is 2. The Bertz CT molecular complexity index is 726. The molecule has 0 saturated carbocycles. The first kappa shape index (κ1) is 22.4. The summed E-state index contributed by atoms with van der Waals surface area (Å²) in [4.78, 5) is 4.57. The molecule has 0 aliphatic carbocycles. The molecule has 0 fully saturated rings. The summed E-state index contributed by atoms with van der Waals surface area (Å²) in [5, 5.41) is 16.9. The molecular weight excluding hydrogens is 465 g/mol. The van der Waals surface area contributed by atoms with Crippen molar-refractivity contribution >= 4 is 41.5 Å². The molecule has 142 valence electrons. The topological polar surface area (TPSA) is 65.9 Å². The maximum atomic E-state index is 9.64. The third kappa shape index (κ3) is 7.29. The van der Waals surface area contributed by atoms with Gasteiger partial charge in [-0.1, -0.05) is 29.8 Å². The van der Waals surface area contributed by atoms with Crippen LogP contribution < -0.4 is 15.4 Å². The van der Waals surface area contributed by atoms with E-state index in [1.165, 1.54) is 0 Å². The molecule has 3 N–H and O–H groups in total. The summed E-state index contributed by atoms with van der Waals surface area (Å²) in [5.41, 5.74) is 2.14. The number of phenols is 1. The third-order valence-corrected chi connectivity index (χ3v) is 3.84. The monoisotopic (exact) mass is 489 g/mol. The number of aromatic hydroxyl groups is 1. The first-order valence-corrected chi connectivity index (χ1v) is 8.62. The maximum absolute atomic E-state index is 9.64. The molecule has 0 amide bonds. The van der Waals surface area contributed by atoms with Crippen LogP contribution >= 0.6 is 35.6 Å². The molecule has 0 heterocycles. The summed E-state index contributed by atoms with van der Waals surface area (Å²) in [7, 11) is 1.54. The highest BCUT2D eigenvalue weighted by Gasteiger charge is 2.03. The Hall–Kier alpha value is -1.67. The number of phenolic OH excluding ortho intramolecular Hbond substituents is 1. The predicted octanol–water partition coefficient (Wildman–Crippen LogP) is 3.97. The standard InChI is InChI=1S/C19H24ClN3O2.HI/c1-3-21-19(23-13-15-5-4-6-16(20)11-15)22-10-9-14-7-8-17(24)18(12-14)25-2;/h4-8,11-12,24H,3,9-10,13H2,1-2H3,(H2,21,22,23);1H. The Balaban J connectivity index is 0.00000338. The van der Waals surface area contributed by atoms with Crippen LogP contribution in [0.5, 0.6) is 11.5 Å². The predicted molar refractivity (Wildman–Crippen MR) is 118 cm³/mol. The molecule has 0 radical (unpaired) electrons. The van der Waals surface area contributed by atoms with E-state index < -0.39 is 0 Å². The van der Waals surface area contributed by atoms with E-state index in [4.69, 9.17) is 16.3 Å². The molecule has 0 unspecified atom stereocenters.